The lowest BCUT2D eigenvalue weighted by Crippen LogP contribution is -2.38. The van der Waals surface area contributed by atoms with Gasteiger partial charge in [-0.05, 0) is 62.2 Å². The number of halogens is 2. The number of amides is 3. The second-order valence-electron chi connectivity index (χ2n) is 7.60. The summed E-state index contributed by atoms with van der Waals surface area (Å²) < 4.78 is 16.2. The lowest BCUT2D eigenvalue weighted by Gasteiger charge is -2.12. The summed E-state index contributed by atoms with van der Waals surface area (Å²) in [6, 6.07) is 9.51. The van der Waals surface area contributed by atoms with E-state index < -0.39 is 17.7 Å². The third-order valence-corrected chi connectivity index (χ3v) is 4.94. The van der Waals surface area contributed by atoms with Crippen molar-refractivity contribution < 1.29 is 28.6 Å². The van der Waals surface area contributed by atoms with Crippen LogP contribution in [0.5, 0.6) is 11.5 Å². The average Bonchev–Trinajstić information content (AvgIpc) is 2.84. The number of hydrogen-bond donors (Lipinski definition) is 3. The summed E-state index contributed by atoms with van der Waals surface area (Å²) in [5.41, 5.74) is 3.12. The van der Waals surface area contributed by atoms with Crippen LogP contribution in [0.25, 0.3) is 0 Å². The molecule has 0 aliphatic heterocycles. The molecule has 0 radical (unpaired) electrons. The number of nitrogens with zero attached hydrogens (tertiary/aromatic N) is 1. The van der Waals surface area contributed by atoms with Crippen molar-refractivity contribution in [3.05, 3.63) is 52.0 Å². The molecule has 10 nitrogen and oxygen atoms in total. The third kappa shape index (κ3) is 10.1. The Morgan fingerprint density at radius 3 is 2.53 bits per heavy atom. The largest absolute Gasteiger partial charge is 0.493 e. The van der Waals surface area contributed by atoms with Gasteiger partial charge in [-0.2, -0.15) is 5.10 Å². The number of nitrogens with one attached hydrogen (secondary N) is 3. The predicted octanol–water partition coefficient (Wildman–Crippen LogP) is 3.40. The van der Waals surface area contributed by atoms with Crippen LogP contribution in [0.2, 0.25) is 10.0 Å². The molecule has 0 heterocycles. The summed E-state index contributed by atoms with van der Waals surface area (Å²) >= 11 is 11.9. The van der Waals surface area contributed by atoms with Crippen LogP contribution in [0.4, 0.5) is 5.69 Å². The Bertz CT molecular complexity index is 1090. The summed E-state index contributed by atoms with van der Waals surface area (Å²) in [6.45, 7) is 4.34. The normalized spacial score (nSPS) is 10.8. The number of hydrogen-bond acceptors (Lipinski definition) is 7. The van der Waals surface area contributed by atoms with E-state index in [1.807, 2.05) is 13.8 Å². The predicted molar refractivity (Wildman–Crippen MR) is 138 cm³/mol. The van der Waals surface area contributed by atoms with E-state index in [4.69, 9.17) is 37.4 Å². The molecule has 2 rings (SSSR count). The fourth-order valence-corrected chi connectivity index (χ4v) is 3.15. The number of methoxy groups -OCH3 is 1. The van der Waals surface area contributed by atoms with E-state index in [1.165, 1.54) is 19.4 Å². The summed E-state index contributed by atoms with van der Waals surface area (Å²) in [6.07, 6.45) is 2.03. The minimum Gasteiger partial charge on any atom is -0.493 e. The Balaban J connectivity index is 1.83. The van der Waals surface area contributed by atoms with Gasteiger partial charge in [0, 0.05) is 18.2 Å². The summed E-state index contributed by atoms with van der Waals surface area (Å²) in [5.74, 6) is -1.47. The fraction of sp³-hybridized carbons (Fsp3) is 0.333. The van der Waals surface area contributed by atoms with Crippen molar-refractivity contribution in [3.63, 3.8) is 0 Å². The second-order valence-corrected chi connectivity index (χ2v) is 8.44. The molecule has 36 heavy (non-hydrogen) atoms. The van der Waals surface area contributed by atoms with Crippen molar-refractivity contribution in [1.29, 1.82) is 0 Å². The molecule has 0 atom stereocenters. The van der Waals surface area contributed by atoms with E-state index in [9.17, 15) is 14.4 Å². The molecule has 3 N–H and O–H groups in total. The second kappa shape index (κ2) is 14.9. The number of rotatable bonds is 12. The zero-order chi connectivity index (χ0) is 26.5. The maximum absolute atomic E-state index is 12.2. The van der Waals surface area contributed by atoms with Gasteiger partial charge in [-0.15, -0.1) is 0 Å². The van der Waals surface area contributed by atoms with Crippen molar-refractivity contribution in [2.45, 2.75) is 26.4 Å². The van der Waals surface area contributed by atoms with E-state index in [0.717, 1.165) is 0 Å². The molecule has 12 heteroatoms. The Labute approximate surface area is 219 Å². The molecular formula is C24H28Cl2N4O6. The van der Waals surface area contributed by atoms with Crippen LogP contribution >= 0.6 is 23.2 Å². The number of hydrazone groups is 1. The quantitative estimate of drug-likeness (QED) is 0.164. The van der Waals surface area contributed by atoms with E-state index in [2.05, 4.69) is 21.2 Å². The Morgan fingerprint density at radius 2 is 1.83 bits per heavy atom. The van der Waals surface area contributed by atoms with Gasteiger partial charge in [0.2, 0.25) is 0 Å². The lowest BCUT2D eigenvalue weighted by atomic mass is 10.2. The molecule has 0 bridgehead atoms. The average molecular weight is 539 g/mol. The first kappa shape index (κ1) is 28.9. The van der Waals surface area contributed by atoms with Crippen molar-refractivity contribution in [1.82, 2.24) is 10.7 Å². The highest BCUT2D eigenvalue weighted by molar-refractivity contribution is 6.36. The fourth-order valence-electron chi connectivity index (χ4n) is 2.69. The highest BCUT2D eigenvalue weighted by Gasteiger charge is 2.12. The zero-order valence-corrected chi connectivity index (χ0v) is 21.6. The first-order chi connectivity index (χ1) is 17.2. The SMILES string of the molecule is COc1cc(/C=N/NC(=O)C(=O)NCCCOC(C)C)ccc1OCC(=O)Nc1ccc(Cl)cc1Cl. The van der Waals surface area contributed by atoms with Crippen LogP contribution in [-0.4, -0.2) is 56.9 Å². The van der Waals surface area contributed by atoms with Crippen LogP contribution in [0.1, 0.15) is 25.8 Å². The first-order valence-corrected chi connectivity index (χ1v) is 11.7. The van der Waals surface area contributed by atoms with E-state index in [0.29, 0.717) is 52.4 Å². The van der Waals surface area contributed by atoms with Gasteiger partial charge >= 0.3 is 11.8 Å². The monoisotopic (exact) mass is 538 g/mol. The smallest absolute Gasteiger partial charge is 0.329 e. The van der Waals surface area contributed by atoms with Crippen molar-refractivity contribution in [2.24, 2.45) is 5.10 Å². The number of carbonyl (C=O) groups excluding carboxylic acids is 3. The molecule has 194 valence electrons. The molecule has 0 saturated heterocycles. The lowest BCUT2D eigenvalue weighted by molar-refractivity contribution is -0.139. The van der Waals surface area contributed by atoms with Crippen LogP contribution in [0, 0.1) is 0 Å². The Hall–Kier alpha value is -3.34. The van der Waals surface area contributed by atoms with Gasteiger partial charge in [0.1, 0.15) is 0 Å². The maximum Gasteiger partial charge on any atom is 0.329 e. The molecular weight excluding hydrogens is 511 g/mol. The highest BCUT2D eigenvalue weighted by Crippen LogP contribution is 2.28. The third-order valence-electron chi connectivity index (χ3n) is 4.40. The van der Waals surface area contributed by atoms with Crippen molar-refractivity contribution in [2.75, 3.05) is 32.2 Å². The van der Waals surface area contributed by atoms with Crippen molar-refractivity contribution in [3.8, 4) is 11.5 Å². The van der Waals surface area contributed by atoms with Crippen LogP contribution in [-0.2, 0) is 19.1 Å². The summed E-state index contributed by atoms with van der Waals surface area (Å²) in [4.78, 5) is 35.8. The first-order valence-electron chi connectivity index (χ1n) is 11.0. The molecule has 3 amide bonds. The zero-order valence-electron chi connectivity index (χ0n) is 20.1. The molecule has 0 saturated carbocycles. The van der Waals surface area contributed by atoms with Gasteiger partial charge in [-0.25, -0.2) is 5.43 Å². The van der Waals surface area contributed by atoms with E-state index in [1.54, 1.807) is 30.3 Å². The number of ether oxygens (including phenoxy) is 3. The summed E-state index contributed by atoms with van der Waals surface area (Å²) in [7, 11) is 1.44. The standard InChI is InChI=1S/C24H28Cl2N4O6/c1-15(2)35-10-4-9-27-23(32)24(33)30-28-13-16-5-8-20(21(11-16)34-3)36-14-22(31)29-19-7-6-17(25)12-18(19)26/h5-8,11-13,15H,4,9-10,14H2,1-3H3,(H,27,32)(H,29,31)(H,30,33)/b28-13+. The minimum absolute atomic E-state index is 0.108. The van der Waals surface area contributed by atoms with Gasteiger partial charge in [0.05, 0.1) is 30.1 Å². The van der Waals surface area contributed by atoms with Gasteiger partial charge < -0.3 is 24.8 Å². The number of anilines is 1. The molecule has 0 spiro atoms. The number of carbonyl (C=O) groups is 3. The Morgan fingerprint density at radius 1 is 1.06 bits per heavy atom. The molecule has 0 unspecified atom stereocenters. The molecule has 0 fully saturated rings. The number of benzene rings is 2. The van der Waals surface area contributed by atoms with Gasteiger partial charge in [0.25, 0.3) is 5.91 Å². The van der Waals surface area contributed by atoms with Gasteiger partial charge in [-0.1, -0.05) is 23.2 Å². The minimum atomic E-state index is -0.894. The maximum atomic E-state index is 12.2. The van der Waals surface area contributed by atoms with E-state index >= 15 is 0 Å². The van der Waals surface area contributed by atoms with Gasteiger partial charge in [-0.3, -0.25) is 14.4 Å². The molecule has 0 aromatic heterocycles. The van der Waals surface area contributed by atoms with Gasteiger partial charge in [0.15, 0.2) is 18.1 Å². The highest BCUT2D eigenvalue weighted by atomic mass is 35.5. The molecule has 2 aromatic rings. The molecule has 2 aromatic carbocycles. The summed E-state index contributed by atoms with van der Waals surface area (Å²) in [5, 5.41) is 9.65. The molecule has 0 aliphatic carbocycles. The molecule has 0 aliphatic rings. The van der Waals surface area contributed by atoms with E-state index in [-0.39, 0.29) is 12.7 Å². The van der Waals surface area contributed by atoms with Crippen LogP contribution in [0.3, 0.4) is 0 Å². The Kier molecular flexibility index (Phi) is 12.0. The van der Waals surface area contributed by atoms with Crippen LogP contribution in [0.15, 0.2) is 41.5 Å². The van der Waals surface area contributed by atoms with Crippen molar-refractivity contribution >= 4 is 52.8 Å². The van der Waals surface area contributed by atoms with Crippen LogP contribution < -0.4 is 25.5 Å². The topological polar surface area (TPSA) is 127 Å².